The van der Waals surface area contributed by atoms with Crippen LogP contribution in [-0.4, -0.2) is 51.3 Å². The first-order valence-corrected chi connectivity index (χ1v) is 7.16. The standard InChI is InChI=1S/C14H30N2O/c1-13(15-2)7-4-5-9-16(3)11-14-8-6-10-17-12-14/h13-15H,4-12H2,1-3H3. The molecule has 0 amide bonds. The molecule has 2 unspecified atom stereocenters. The van der Waals surface area contributed by atoms with E-state index in [4.69, 9.17) is 4.74 Å². The van der Waals surface area contributed by atoms with Crippen molar-refractivity contribution < 1.29 is 4.74 Å². The third-order valence-corrected chi connectivity index (χ3v) is 3.74. The molecule has 0 aromatic carbocycles. The van der Waals surface area contributed by atoms with Crippen molar-refractivity contribution in [1.82, 2.24) is 10.2 Å². The van der Waals surface area contributed by atoms with E-state index in [0.717, 1.165) is 19.1 Å². The van der Waals surface area contributed by atoms with E-state index in [1.165, 1.54) is 45.2 Å². The Bertz CT molecular complexity index is 181. The Balaban J connectivity index is 1.98. The average Bonchev–Trinajstić information content (AvgIpc) is 2.35. The molecule has 0 aromatic heterocycles. The van der Waals surface area contributed by atoms with Crippen LogP contribution in [0, 0.1) is 5.92 Å². The Labute approximate surface area is 107 Å². The zero-order chi connectivity index (χ0) is 12.5. The fraction of sp³-hybridized carbons (Fsp3) is 1.00. The lowest BCUT2D eigenvalue weighted by Gasteiger charge is -2.27. The van der Waals surface area contributed by atoms with Gasteiger partial charge in [0.1, 0.15) is 0 Å². The summed E-state index contributed by atoms with van der Waals surface area (Å²) in [5.41, 5.74) is 0. The number of hydrogen-bond donors (Lipinski definition) is 1. The van der Waals surface area contributed by atoms with Crippen molar-refractivity contribution in [1.29, 1.82) is 0 Å². The van der Waals surface area contributed by atoms with E-state index in [1.807, 2.05) is 7.05 Å². The molecule has 0 saturated carbocycles. The summed E-state index contributed by atoms with van der Waals surface area (Å²) < 4.78 is 5.52. The summed E-state index contributed by atoms with van der Waals surface area (Å²) in [5, 5.41) is 3.29. The topological polar surface area (TPSA) is 24.5 Å². The summed E-state index contributed by atoms with van der Waals surface area (Å²) >= 11 is 0. The van der Waals surface area contributed by atoms with Gasteiger partial charge in [-0.1, -0.05) is 6.42 Å². The van der Waals surface area contributed by atoms with Crippen LogP contribution in [0.15, 0.2) is 0 Å². The molecule has 1 fully saturated rings. The van der Waals surface area contributed by atoms with Crippen LogP contribution in [0.1, 0.15) is 39.0 Å². The van der Waals surface area contributed by atoms with Gasteiger partial charge in [-0.15, -0.1) is 0 Å². The zero-order valence-corrected chi connectivity index (χ0v) is 11.9. The van der Waals surface area contributed by atoms with Crippen LogP contribution < -0.4 is 5.32 Å². The molecule has 0 radical (unpaired) electrons. The predicted octanol–water partition coefficient (Wildman–Crippen LogP) is 2.12. The molecule has 1 aliphatic heterocycles. The van der Waals surface area contributed by atoms with Crippen molar-refractivity contribution in [2.24, 2.45) is 5.92 Å². The quantitative estimate of drug-likeness (QED) is 0.660. The van der Waals surface area contributed by atoms with E-state index in [-0.39, 0.29) is 0 Å². The second kappa shape index (κ2) is 8.90. The predicted molar refractivity (Wildman–Crippen MR) is 73.4 cm³/mol. The summed E-state index contributed by atoms with van der Waals surface area (Å²) in [7, 11) is 4.29. The lowest BCUT2D eigenvalue weighted by molar-refractivity contribution is 0.0419. The molecule has 1 N–H and O–H groups in total. The Kier molecular flexibility index (Phi) is 7.82. The highest BCUT2D eigenvalue weighted by atomic mass is 16.5. The minimum absolute atomic E-state index is 0.659. The van der Waals surface area contributed by atoms with Crippen LogP contribution in [0.2, 0.25) is 0 Å². The maximum absolute atomic E-state index is 5.52. The number of nitrogens with zero attached hydrogens (tertiary/aromatic N) is 1. The summed E-state index contributed by atoms with van der Waals surface area (Å²) in [6.07, 6.45) is 6.53. The maximum Gasteiger partial charge on any atom is 0.0506 e. The highest BCUT2D eigenvalue weighted by Gasteiger charge is 2.15. The smallest absolute Gasteiger partial charge is 0.0506 e. The lowest BCUT2D eigenvalue weighted by atomic mass is 10.0. The summed E-state index contributed by atoms with van der Waals surface area (Å²) in [6.45, 7) is 6.64. The molecule has 1 rings (SSSR count). The first-order valence-electron chi connectivity index (χ1n) is 7.16. The number of nitrogens with one attached hydrogen (secondary N) is 1. The molecule has 17 heavy (non-hydrogen) atoms. The largest absolute Gasteiger partial charge is 0.381 e. The average molecular weight is 242 g/mol. The normalized spacial score (nSPS) is 22.9. The molecule has 1 heterocycles. The Morgan fingerprint density at radius 2 is 2.24 bits per heavy atom. The van der Waals surface area contributed by atoms with E-state index in [2.05, 4.69) is 24.2 Å². The number of rotatable bonds is 8. The first kappa shape index (κ1) is 14.9. The van der Waals surface area contributed by atoms with E-state index >= 15 is 0 Å². The molecule has 0 spiro atoms. The molecule has 1 saturated heterocycles. The van der Waals surface area contributed by atoms with Crippen LogP contribution in [0.4, 0.5) is 0 Å². The summed E-state index contributed by atoms with van der Waals surface area (Å²) in [4.78, 5) is 2.48. The fourth-order valence-electron chi connectivity index (χ4n) is 2.46. The monoisotopic (exact) mass is 242 g/mol. The zero-order valence-electron chi connectivity index (χ0n) is 11.9. The Morgan fingerprint density at radius 3 is 2.88 bits per heavy atom. The van der Waals surface area contributed by atoms with Gasteiger partial charge in [0.05, 0.1) is 6.61 Å². The fourth-order valence-corrected chi connectivity index (χ4v) is 2.46. The minimum Gasteiger partial charge on any atom is -0.381 e. The molecule has 3 nitrogen and oxygen atoms in total. The van der Waals surface area contributed by atoms with Crippen LogP contribution in [0.25, 0.3) is 0 Å². The van der Waals surface area contributed by atoms with E-state index in [9.17, 15) is 0 Å². The molecule has 3 heteroatoms. The number of ether oxygens (including phenoxy) is 1. The number of unbranched alkanes of at least 4 members (excludes halogenated alkanes) is 1. The van der Waals surface area contributed by atoms with Crippen LogP contribution >= 0.6 is 0 Å². The first-order chi connectivity index (χ1) is 8.22. The van der Waals surface area contributed by atoms with Crippen molar-refractivity contribution in [2.75, 3.05) is 40.4 Å². The molecule has 0 bridgehead atoms. The molecule has 0 aromatic rings. The molecule has 102 valence electrons. The van der Waals surface area contributed by atoms with Crippen molar-refractivity contribution in [3.05, 3.63) is 0 Å². The van der Waals surface area contributed by atoms with Gasteiger partial charge >= 0.3 is 0 Å². The highest BCUT2D eigenvalue weighted by molar-refractivity contribution is 4.67. The van der Waals surface area contributed by atoms with Gasteiger partial charge in [0.15, 0.2) is 0 Å². The number of hydrogen-bond acceptors (Lipinski definition) is 3. The summed E-state index contributed by atoms with van der Waals surface area (Å²) in [6, 6.07) is 0.659. The molecular weight excluding hydrogens is 212 g/mol. The van der Waals surface area contributed by atoms with E-state index in [1.54, 1.807) is 0 Å². The molecular formula is C14H30N2O. The van der Waals surface area contributed by atoms with Gasteiger partial charge in [0.25, 0.3) is 0 Å². The van der Waals surface area contributed by atoms with Crippen molar-refractivity contribution in [3.63, 3.8) is 0 Å². The van der Waals surface area contributed by atoms with Gasteiger partial charge in [-0.05, 0) is 59.2 Å². The Hall–Kier alpha value is -0.120. The summed E-state index contributed by atoms with van der Waals surface area (Å²) in [5.74, 6) is 0.769. The highest BCUT2D eigenvalue weighted by Crippen LogP contribution is 2.14. The molecule has 1 aliphatic rings. The Morgan fingerprint density at radius 1 is 1.41 bits per heavy atom. The molecule has 0 aliphatic carbocycles. The van der Waals surface area contributed by atoms with E-state index < -0.39 is 0 Å². The van der Waals surface area contributed by atoms with Gasteiger partial charge in [-0.25, -0.2) is 0 Å². The van der Waals surface area contributed by atoms with Crippen molar-refractivity contribution >= 4 is 0 Å². The van der Waals surface area contributed by atoms with Crippen LogP contribution in [-0.2, 0) is 4.74 Å². The molecule has 2 atom stereocenters. The van der Waals surface area contributed by atoms with E-state index in [0.29, 0.717) is 6.04 Å². The minimum atomic E-state index is 0.659. The van der Waals surface area contributed by atoms with Gasteiger partial charge in [0, 0.05) is 19.2 Å². The van der Waals surface area contributed by atoms with Crippen molar-refractivity contribution in [3.8, 4) is 0 Å². The van der Waals surface area contributed by atoms with Crippen LogP contribution in [0.3, 0.4) is 0 Å². The van der Waals surface area contributed by atoms with Crippen molar-refractivity contribution in [2.45, 2.75) is 45.1 Å². The van der Waals surface area contributed by atoms with Gasteiger partial charge < -0.3 is 15.0 Å². The third-order valence-electron chi connectivity index (χ3n) is 3.74. The van der Waals surface area contributed by atoms with Gasteiger partial charge in [-0.3, -0.25) is 0 Å². The second-order valence-electron chi connectivity index (χ2n) is 5.53. The second-order valence-corrected chi connectivity index (χ2v) is 5.53. The van der Waals surface area contributed by atoms with Gasteiger partial charge in [-0.2, -0.15) is 0 Å². The maximum atomic E-state index is 5.52. The van der Waals surface area contributed by atoms with Crippen LogP contribution in [0.5, 0.6) is 0 Å². The van der Waals surface area contributed by atoms with Gasteiger partial charge in [0.2, 0.25) is 0 Å². The third kappa shape index (κ3) is 7.02. The lowest BCUT2D eigenvalue weighted by Crippen LogP contribution is -2.31. The SMILES string of the molecule is CNC(C)CCCCN(C)CC1CCCOC1.